The summed E-state index contributed by atoms with van der Waals surface area (Å²) in [5.74, 6) is -0.625. The quantitative estimate of drug-likeness (QED) is 0.660. The predicted octanol–water partition coefficient (Wildman–Crippen LogP) is 1.83. The van der Waals surface area contributed by atoms with E-state index in [-0.39, 0.29) is 17.9 Å². The van der Waals surface area contributed by atoms with Gasteiger partial charge in [-0.25, -0.2) is 13.9 Å². The van der Waals surface area contributed by atoms with Gasteiger partial charge in [0, 0.05) is 13.0 Å². The summed E-state index contributed by atoms with van der Waals surface area (Å²) in [6.07, 6.45) is -0.139. The fourth-order valence-corrected chi connectivity index (χ4v) is 4.68. The third kappa shape index (κ3) is 2.86. The molecule has 0 fully saturated rings. The molecule has 7 heteroatoms. The molecule has 6 nitrogen and oxygen atoms in total. The Bertz CT molecular complexity index is 821. The van der Waals surface area contributed by atoms with Gasteiger partial charge < -0.3 is 0 Å². The molecular weight excluding hydrogens is 316 g/mol. The number of carbonyl (C=O) groups excluding carboxylic acids is 1. The van der Waals surface area contributed by atoms with Gasteiger partial charge in [0.15, 0.2) is 0 Å². The van der Waals surface area contributed by atoms with Crippen molar-refractivity contribution in [3.05, 3.63) is 65.7 Å². The SMILES string of the molecule is O=C(CC1c2ccccc2S(=O)(=O)N1Cc1ccccc1)NO. The maximum Gasteiger partial charge on any atom is 0.245 e. The van der Waals surface area contributed by atoms with Crippen LogP contribution in [-0.4, -0.2) is 23.8 Å². The number of fused-ring (bicyclic) bond motifs is 1. The summed E-state index contributed by atoms with van der Waals surface area (Å²) in [5, 5.41) is 8.78. The van der Waals surface area contributed by atoms with E-state index in [4.69, 9.17) is 5.21 Å². The molecule has 0 saturated carbocycles. The Morgan fingerprint density at radius 2 is 1.74 bits per heavy atom. The summed E-state index contributed by atoms with van der Waals surface area (Å²) in [4.78, 5) is 11.8. The van der Waals surface area contributed by atoms with Gasteiger partial charge in [0.1, 0.15) is 0 Å². The van der Waals surface area contributed by atoms with Gasteiger partial charge in [-0.05, 0) is 17.2 Å². The maximum atomic E-state index is 12.8. The van der Waals surface area contributed by atoms with Crippen molar-refractivity contribution in [2.45, 2.75) is 23.9 Å². The predicted molar refractivity (Wildman–Crippen MR) is 82.9 cm³/mol. The van der Waals surface area contributed by atoms with E-state index >= 15 is 0 Å². The Labute approximate surface area is 134 Å². The lowest BCUT2D eigenvalue weighted by molar-refractivity contribution is -0.130. The molecule has 1 amide bonds. The standard InChI is InChI=1S/C16H16N2O4S/c19-16(17-20)10-14-13-8-4-5-9-15(13)23(21,22)18(14)11-12-6-2-1-3-7-12/h1-9,14,20H,10-11H2,(H,17,19). The van der Waals surface area contributed by atoms with Gasteiger partial charge in [-0.3, -0.25) is 10.0 Å². The normalized spacial score (nSPS) is 19.3. The number of benzene rings is 2. The number of rotatable bonds is 4. The molecule has 0 aromatic heterocycles. The monoisotopic (exact) mass is 332 g/mol. The number of sulfonamides is 1. The zero-order valence-corrected chi connectivity index (χ0v) is 13.0. The molecule has 1 aliphatic heterocycles. The highest BCUT2D eigenvalue weighted by molar-refractivity contribution is 7.89. The molecule has 0 aliphatic carbocycles. The zero-order chi connectivity index (χ0) is 16.4. The number of hydrogen-bond donors (Lipinski definition) is 2. The van der Waals surface area contributed by atoms with E-state index in [1.165, 1.54) is 4.31 Å². The first kappa shape index (κ1) is 15.7. The molecule has 0 bridgehead atoms. The Hall–Kier alpha value is -2.22. The van der Waals surface area contributed by atoms with Crippen LogP contribution in [0.3, 0.4) is 0 Å². The molecule has 0 spiro atoms. The summed E-state index contributed by atoms with van der Waals surface area (Å²) >= 11 is 0. The van der Waals surface area contributed by atoms with Crippen LogP contribution >= 0.6 is 0 Å². The second-order valence-electron chi connectivity index (χ2n) is 5.33. The van der Waals surface area contributed by atoms with Crippen LogP contribution in [0.2, 0.25) is 0 Å². The lowest BCUT2D eigenvalue weighted by atomic mass is 10.0. The van der Waals surface area contributed by atoms with Gasteiger partial charge in [0.2, 0.25) is 15.9 Å². The van der Waals surface area contributed by atoms with E-state index in [9.17, 15) is 13.2 Å². The number of amides is 1. The number of hydroxylamine groups is 1. The molecule has 1 atom stereocenters. The van der Waals surface area contributed by atoms with Crippen LogP contribution in [0.25, 0.3) is 0 Å². The van der Waals surface area contributed by atoms with Crippen LogP contribution in [0.1, 0.15) is 23.6 Å². The molecule has 1 aliphatic rings. The molecule has 1 unspecified atom stereocenters. The second-order valence-corrected chi connectivity index (χ2v) is 7.19. The highest BCUT2D eigenvalue weighted by atomic mass is 32.2. The number of carbonyl (C=O) groups is 1. The number of nitrogens with one attached hydrogen (secondary N) is 1. The highest BCUT2D eigenvalue weighted by Gasteiger charge is 2.43. The van der Waals surface area contributed by atoms with Gasteiger partial charge >= 0.3 is 0 Å². The van der Waals surface area contributed by atoms with Crippen molar-refractivity contribution in [2.75, 3.05) is 0 Å². The Morgan fingerprint density at radius 1 is 1.09 bits per heavy atom. The Kier molecular flexibility index (Phi) is 4.16. The summed E-state index contributed by atoms with van der Waals surface area (Å²) < 4.78 is 26.9. The minimum absolute atomic E-state index is 0.139. The first-order valence-corrected chi connectivity index (χ1v) is 8.55. The van der Waals surface area contributed by atoms with Crippen molar-refractivity contribution in [3.63, 3.8) is 0 Å². The van der Waals surface area contributed by atoms with E-state index in [0.717, 1.165) is 5.56 Å². The molecule has 2 N–H and O–H groups in total. The van der Waals surface area contributed by atoms with Gasteiger partial charge in [-0.1, -0.05) is 48.5 Å². The van der Waals surface area contributed by atoms with Crippen molar-refractivity contribution in [3.8, 4) is 0 Å². The van der Waals surface area contributed by atoms with Crippen molar-refractivity contribution < 1.29 is 18.4 Å². The van der Waals surface area contributed by atoms with Crippen molar-refractivity contribution in [1.82, 2.24) is 9.79 Å². The van der Waals surface area contributed by atoms with Crippen LogP contribution < -0.4 is 5.48 Å². The summed E-state index contributed by atoms with van der Waals surface area (Å²) in [6, 6.07) is 15.2. The number of nitrogens with zero attached hydrogens (tertiary/aromatic N) is 1. The van der Waals surface area contributed by atoms with Crippen LogP contribution in [0.5, 0.6) is 0 Å². The lowest BCUT2D eigenvalue weighted by Gasteiger charge is -2.23. The Morgan fingerprint density at radius 3 is 2.43 bits per heavy atom. The molecule has 0 radical (unpaired) electrons. The molecule has 2 aromatic carbocycles. The minimum atomic E-state index is -3.68. The van der Waals surface area contributed by atoms with Crippen LogP contribution in [0, 0.1) is 0 Å². The van der Waals surface area contributed by atoms with Crippen molar-refractivity contribution >= 4 is 15.9 Å². The first-order chi connectivity index (χ1) is 11.0. The van der Waals surface area contributed by atoms with Crippen molar-refractivity contribution in [2.24, 2.45) is 0 Å². The fourth-order valence-electron chi connectivity index (χ4n) is 2.83. The zero-order valence-electron chi connectivity index (χ0n) is 12.2. The second kappa shape index (κ2) is 6.11. The summed E-state index contributed by atoms with van der Waals surface area (Å²) in [6.45, 7) is 0.168. The van der Waals surface area contributed by atoms with Crippen molar-refractivity contribution in [1.29, 1.82) is 0 Å². The van der Waals surface area contributed by atoms with Gasteiger partial charge in [0.25, 0.3) is 0 Å². The van der Waals surface area contributed by atoms with E-state index < -0.39 is 22.0 Å². The molecule has 3 rings (SSSR count). The highest BCUT2D eigenvalue weighted by Crippen LogP contribution is 2.42. The molecule has 120 valence electrons. The number of hydrogen-bond acceptors (Lipinski definition) is 4. The average molecular weight is 332 g/mol. The van der Waals surface area contributed by atoms with Crippen LogP contribution in [0.15, 0.2) is 59.5 Å². The lowest BCUT2D eigenvalue weighted by Crippen LogP contribution is -2.31. The van der Waals surface area contributed by atoms with E-state index in [1.807, 2.05) is 30.3 Å². The molecule has 2 aromatic rings. The Balaban J connectivity index is 2.03. The van der Waals surface area contributed by atoms with E-state index in [2.05, 4.69) is 0 Å². The minimum Gasteiger partial charge on any atom is -0.289 e. The molecule has 0 saturated heterocycles. The van der Waals surface area contributed by atoms with E-state index in [1.54, 1.807) is 29.7 Å². The maximum absolute atomic E-state index is 12.8. The third-order valence-electron chi connectivity index (χ3n) is 3.90. The first-order valence-electron chi connectivity index (χ1n) is 7.11. The summed E-state index contributed by atoms with van der Waals surface area (Å²) in [7, 11) is -3.68. The summed E-state index contributed by atoms with van der Waals surface area (Å²) in [5.41, 5.74) is 2.98. The van der Waals surface area contributed by atoms with Crippen LogP contribution in [-0.2, 0) is 21.4 Å². The smallest absolute Gasteiger partial charge is 0.245 e. The fraction of sp³-hybridized carbons (Fsp3) is 0.188. The van der Waals surface area contributed by atoms with Gasteiger partial charge in [0.05, 0.1) is 10.9 Å². The van der Waals surface area contributed by atoms with Gasteiger partial charge in [-0.15, -0.1) is 0 Å². The average Bonchev–Trinajstić information content (AvgIpc) is 2.77. The largest absolute Gasteiger partial charge is 0.289 e. The molecule has 23 heavy (non-hydrogen) atoms. The third-order valence-corrected chi connectivity index (χ3v) is 5.83. The van der Waals surface area contributed by atoms with Gasteiger partial charge in [-0.2, -0.15) is 4.31 Å². The molecular formula is C16H16N2O4S. The topological polar surface area (TPSA) is 86.7 Å². The van der Waals surface area contributed by atoms with Crippen LogP contribution in [0.4, 0.5) is 0 Å². The molecule has 1 heterocycles. The van der Waals surface area contributed by atoms with E-state index in [0.29, 0.717) is 5.56 Å².